The first-order valence-electron chi connectivity index (χ1n) is 12.0. The van der Waals surface area contributed by atoms with Gasteiger partial charge in [0.05, 0.1) is 17.3 Å². The zero-order valence-corrected chi connectivity index (χ0v) is 21.0. The summed E-state index contributed by atoms with van der Waals surface area (Å²) in [6, 6.07) is 4.94. The van der Waals surface area contributed by atoms with Crippen molar-refractivity contribution >= 4 is 18.7 Å². The van der Waals surface area contributed by atoms with Crippen LogP contribution in [0.4, 0.5) is 9.18 Å². The summed E-state index contributed by atoms with van der Waals surface area (Å²) in [7, 11) is -0.597. The maximum atomic E-state index is 14.8. The van der Waals surface area contributed by atoms with Crippen LogP contribution in [0.5, 0.6) is 5.75 Å². The van der Waals surface area contributed by atoms with Crippen molar-refractivity contribution in [1.82, 2.24) is 4.90 Å². The summed E-state index contributed by atoms with van der Waals surface area (Å²) in [6.45, 7) is 14.9. The van der Waals surface area contributed by atoms with Crippen LogP contribution in [0.25, 0.3) is 0 Å². The normalized spacial score (nSPS) is 24.0. The van der Waals surface area contributed by atoms with Crippen LogP contribution in [0.1, 0.15) is 74.1 Å². The van der Waals surface area contributed by atoms with Crippen LogP contribution >= 0.6 is 0 Å². The topological polar surface area (TPSA) is 57.2 Å². The highest BCUT2D eigenvalue weighted by Crippen LogP contribution is 2.50. The second-order valence-corrected chi connectivity index (χ2v) is 11.9. The third-order valence-electron chi connectivity index (χ3n) is 7.57. The Labute approximate surface area is 197 Å². The molecule has 4 rings (SSSR count). The number of benzene rings is 1. The summed E-state index contributed by atoms with van der Waals surface area (Å²) in [4.78, 5) is 14.1. The van der Waals surface area contributed by atoms with E-state index in [1.54, 1.807) is 11.0 Å². The third-order valence-corrected chi connectivity index (χ3v) is 7.57. The highest BCUT2D eigenvalue weighted by Gasteiger charge is 2.52. The number of likely N-dealkylation sites (tertiary alicyclic amines) is 1. The SMILES string of the molecule is CC(C)(C)OC(=O)N1CCC2(CC1)CC(Oc1ccc(B3OC(C)(C)C(C)(C)O3)cc1F)C2. The highest BCUT2D eigenvalue weighted by atomic mass is 19.1. The van der Waals surface area contributed by atoms with Crippen LogP contribution in [0.3, 0.4) is 0 Å². The number of amides is 1. The van der Waals surface area contributed by atoms with Crippen molar-refractivity contribution in [3.05, 3.63) is 24.0 Å². The average molecular weight is 461 g/mol. The van der Waals surface area contributed by atoms with Crippen LogP contribution in [-0.4, -0.2) is 54.1 Å². The Bertz CT molecular complexity index is 881. The number of nitrogens with zero attached hydrogens (tertiary/aromatic N) is 1. The average Bonchev–Trinajstić information content (AvgIpc) is 2.88. The van der Waals surface area contributed by atoms with E-state index in [0.29, 0.717) is 18.6 Å². The zero-order valence-electron chi connectivity index (χ0n) is 21.0. The number of ether oxygens (including phenoxy) is 2. The molecular weight excluding hydrogens is 424 g/mol. The zero-order chi connectivity index (χ0) is 24.2. The number of hydrogen-bond acceptors (Lipinski definition) is 5. The van der Waals surface area contributed by atoms with Crippen LogP contribution in [0.15, 0.2) is 18.2 Å². The second-order valence-electron chi connectivity index (χ2n) is 11.9. The molecule has 0 unspecified atom stereocenters. The third kappa shape index (κ3) is 5.02. The molecule has 8 heteroatoms. The largest absolute Gasteiger partial charge is 0.494 e. The number of hydrogen-bond donors (Lipinski definition) is 0. The van der Waals surface area contributed by atoms with E-state index in [-0.39, 0.29) is 23.4 Å². The molecule has 6 nitrogen and oxygen atoms in total. The van der Waals surface area contributed by atoms with Crippen molar-refractivity contribution in [2.75, 3.05) is 13.1 Å². The van der Waals surface area contributed by atoms with Gasteiger partial charge in [-0.25, -0.2) is 9.18 Å². The Morgan fingerprint density at radius 1 is 1.09 bits per heavy atom. The summed E-state index contributed by atoms with van der Waals surface area (Å²) in [5.74, 6) is -0.135. The fourth-order valence-corrected chi connectivity index (χ4v) is 4.81. The summed E-state index contributed by atoms with van der Waals surface area (Å²) >= 11 is 0. The van der Waals surface area contributed by atoms with E-state index in [2.05, 4.69) is 0 Å². The lowest BCUT2D eigenvalue weighted by molar-refractivity contribution is -0.0593. The number of carbonyl (C=O) groups is 1. The molecule has 0 atom stereocenters. The predicted octanol–water partition coefficient (Wildman–Crippen LogP) is 4.68. The van der Waals surface area contributed by atoms with Gasteiger partial charge in [0.2, 0.25) is 0 Å². The van der Waals surface area contributed by atoms with Crippen molar-refractivity contribution in [3.8, 4) is 5.75 Å². The minimum atomic E-state index is -0.597. The van der Waals surface area contributed by atoms with Gasteiger partial charge in [-0.05, 0) is 97.2 Å². The molecule has 1 saturated carbocycles. The molecule has 0 N–H and O–H groups in total. The second kappa shape index (κ2) is 8.16. The van der Waals surface area contributed by atoms with Crippen LogP contribution in [0.2, 0.25) is 0 Å². The van der Waals surface area contributed by atoms with E-state index < -0.39 is 29.7 Å². The van der Waals surface area contributed by atoms with Crippen molar-refractivity contribution in [3.63, 3.8) is 0 Å². The van der Waals surface area contributed by atoms with Gasteiger partial charge >= 0.3 is 13.2 Å². The van der Waals surface area contributed by atoms with E-state index in [0.717, 1.165) is 25.7 Å². The number of piperidine rings is 1. The minimum absolute atomic E-state index is 0.00438. The molecular formula is C25H37BFNO5. The maximum Gasteiger partial charge on any atom is 0.494 e. The highest BCUT2D eigenvalue weighted by molar-refractivity contribution is 6.62. The van der Waals surface area contributed by atoms with E-state index >= 15 is 0 Å². The molecule has 1 amide bonds. The molecule has 33 heavy (non-hydrogen) atoms. The molecule has 0 aromatic heterocycles. The molecule has 1 aliphatic carbocycles. The molecule has 0 radical (unpaired) electrons. The van der Waals surface area contributed by atoms with E-state index in [1.807, 2.05) is 54.5 Å². The van der Waals surface area contributed by atoms with Gasteiger partial charge in [-0.3, -0.25) is 0 Å². The van der Waals surface area contributed by atoms with Gasteiger partial charge in [0.15, 0.2) is 11.6 Å². The maximum absolute atomic E-state index is 14.8. The fraction of sp³-hybridized carbons (Fsp3) is 0.720. The molecule has 182 valence electrons. The first kappa shape index (κ1) is 24.3. The lowest BCUT2D eigenvalue weighted by atomic mass is 9.61. The van der Waals surface area contributed by atoms with Crippen molar-refractivity contribution in [1.29, 1.82) is 0 Å². The van der Waals surface area contributed by atoms with Gasteiger partial charge in [0, 0.05) is 13.1 Å². The predicted molar refractivity (Wildman–Crippen MR) is 125 cm³/mol. The first-order valence-corrected chi connectivity index (χ1v) is 12.0. The van der Waals surface area contributed by atoms with E-state index in [4.69, 9.17) is 18.8 Å². The van der Waals surface area contributed by atoms with Crippen LogP contribution < -0.4 is 10.2 Å². The lowest BCUT2D eigenvalue weighted by Gasteiger charge is -2.51. The molecule has 1 aromatic rings. The minimum Gasteiger partial charge on any atom is -0.487 e. The summed E-state index contributed by atoms with van der Waals surface area (Å²) in [5, 5.41) is 0. The molecule has 2 saturated heterocycles. The molecule has 3 fully saturated rings. The molecule has 0 bridgehead atoms. The van der Waals surface area contributed by atoms with Gasteiger partial charge in [-0.1, -0.05) is 6.07 Å². The Balaban J connectivity index is 1.29. The molecule has 1 aromatic carbocycles. The van der Waals surface area contributed by atoms with Crippen molar-refractivity contribution < 1.29 is 28.0 Å². The summed E-state index contributed by atoms with van der Waals surface area (Å²) in [6.07, 6.45) is 3.37. The van der Waals surface area contributed by atoms with Gasteiger partial charge in [-0.2, -0.15) is 0 Å². The van der Waals surface area contributed by atoms with E-state index in [1.165, 1.54) is 6.07 Å². The van der Waals surface area contributed by atoms with Crippen LogP contribution in [0, 0.1) is 11.2 Å². The van der Waals surface area contributed by atoms with Crippen molar-refractivity contribution in [2.24, 2.45) is 5.41 Å². The smallest absolute Gasteiger partial charge is 0.487 e. The number of halogens is 1. The lowest BCUT2D eigenvalue weighted by Crippen LogP contribution is -2.52. The van der Waals surface area contributed by atoms with E-state index in [9.17, 15) is 9.18 Å². The Morgan fingerprint density at radius 2 is 1.67 bits per heavy atom. The van der Waals surface area contributed by atoms with Crippen LogP contribution in [-0.2, 0) is 14.0 Å². The molecule has 3 aliphatic rings. The van der Waals surface area contributed by atoms with Crippen molar-refractivity contribution in [2.45, 2.75) is 97.1 Å². The first-order chi connectivity index (χ1) is 15.2. The van der Waals surface area contributed by atoms with Gasteiger partial charge in [0.25, 0.3) is 0 Å². The molecule has 2 heterocycles. The quantitative estimate of drug-likeness (QED) is 0.612. The Morgan fingerprint density at radius 3 is 2.18 bits per heavy atom. The number of carbonyl (C=O) groups excluding carboxylic acids is 1. The van der Waals surface area contributed by atoms with Gasteiger partial charge < -0.3 is 23.7 Å². The molecule has 2 aliphatic heterocycles. The number of rotatable bonds is 3. The van der Waals surface area contributed by atoms with Gasteiger partial charge in [0.1, 0.15) is 5.60 Å². The van der Waals surface area contributed by atoms with Gasteiger partial charge in [-0.15, -0.1) is 0 Å². The summed E-state index contributed by atoms with van der Waals surface area (Å²) < 4.78 is 38.3. The Hall–Kier alpha value is -1.80. The monoisotopic (exact) mass is 461 g/mol. The standard InChI is InChI=1S/C25H37BFNO5/c1-22(2,3)31-21(29)28-12-10-25(11-13-28)15-18(16-25)30-20-9-8-17(14-19(20)27)26-32-23(4,5)24(6,7)33-26/h8-9,14,18H,10-13,15-16H2,1-7H3. The molecule has 1 spiro atoms. The fourth-order valence-electron chi connectivity index (χ4n) is 4.81. The Kier molecular flexibility index (Phi) is 6.01. The summed E-state index contributed by atoms with van der Waals surface area (Å²) in [5.41, 5.74) is -0.588.